The Balaban J connectivity index is 2.81. The van der Waals surface area contributed by atoms with Crippen molar-refractivity contribution in [1.29, 1.82) is 0 Å². The number of nitrogens with one attached hydrogen (secondary N) is 1. The summed E-state index contributed by atoms with van der Waals surface area (Å²) in [7, 11) is 0. The van der Waals surface area contributed by atoms with Gasteiger partial charge < -0.3 is 10.1 Å². The zero-order valence-electron chi connectivity index (χ0n) is 9.94. The minimum absolute atomic E-state index is 0.0170. The normalized spacial score (nSPS) is 9.65. The molecule has 92 valence electrons. The number of rotatable bonds is 5. The molecule has 0 heterocycles. The SMILES string of the molecule is CC#CCOc1c(F)cc(CNCC)cc1F. The first-order valence-electron chi connectivity index (χ1n) is 5.40. The second-order valence-electron chi connectivity index (χ2n) is 3.38. The molecule has 0 unspecified atom stereocenters. The average Bonchev–Trinajstić information content (AvgIpc) is 2.30. The van der Waals surface area contributed by atoms with Crippen LogP contribution in [-0.2, 0) is 6.54 Å². The van der Waals surface area contributed by atoms with Crippen LogP contribution in [0.15, 0.2) is 12.1 Å². The van der Waals surface area contributed by atoms with Crippen LogP contribution in [0.3, 0.4) is 0 Å². The van der Waals surface area contributed by atoms with Gasteiger partial charge in [-0.1, -0.05) is 12.8 Å². The van der Waals surface area contributed by atoms with Crippen LogP contribution >= 0.6 is 0 Å². The van der Waals surface area contributed by atoms with Crippen molar-refractivity contribution in [3.63, 3.8) is 0 Å². The Hall–Kier alpha value is -1.60. The Bertz CT molecular complexity index is 412. The van der Waals surface area contributed by atoms with Gasteiger partial charge in [0.2, 0.25) is 0 Å². The Morgan fingerprint density at radius 3 is 2.47 bits per heavy atom. The molecule has 0 aliphatic carbocycles. The monoisotopic (exact) mass is 239 g/mol. The van der Waals surface area contributed by atoms with Gasteiger partial charge in [0.15, 0.2) is 17.4 Å². The van der Waals surface area contributed by atoms with E-state index < -0.39 is 11.6 Å². The van der Waals surface area contributed by atoms with Crippen LogP contribution in [0.25, 0.3) is 0 Å². The second kappa shape index (κ2) is 6.87. The molecule has 0 amide bonds. The molecule has 0 saturated heterocycles. The molecule has 0 aliphatic heterocycles. The lowest BCUT2D eigenvalue weighted by Crippen LogP contribution is -2.12. The molecule has 0 spiro atoms. The highest BCUT2D eigenvalue weighted by Gasteiger charge is 2.12. The van der Waals surface area contributed by atoms with E-state index in [4.69, 9.17) is 4.74 Å². The number of halogens is 2. The number of ether oxygens (including phenoxy) is 1. The van der Waals surface area contributed by atoms with E-state index in [9.17, 15) is 8.78 Å². The molecule has 0 bridgehead atoms. The first-order chi connectivity index (χ1) is 8.19. The molecule has 2 nitrogen and oxygen atoms in total. The van der Waals surface area contributed by atoms with Crippen LogP contribution in [-0.4, -0.2) is 13.2 Å². The Morgan fingerprint density at radius 1 is 1.29 bits per heavy atom. The van der Waals surface area contributed by atoms with E-state index >= 15 is 0 Å². The van der Waals surface area contributed by atoms with Crippen molar-refractivity contribution in [1.82, 2.24) is 5.32 Å². The molecule has 0 fully saturated rings. The molecular formula is C13H15F2NO. The van der Waals surface area contributed by atoms with Crippen LogP contribution < -0.4 is 10.1 Å². The number of hydrogen-bond acceptors (Lipinski definition) is 2. The zero-order valence-corrected chi connectivity index (χ0v) is 9.94. The summed E-state index contributed by atoms with van der Waals surface area (Å²) < 4.78 is 32.0. The maximum Gasteiger partial charge on any atom is 0.192 e. The standard InChI is InChI=1S/C13H15F2NO/c1-3-5-6-17-13-11(14)7-10(8-12(13)15)9-16-4-2/h7-8,16H,4,6,9H2,1-2H3. The lowest BCUT2D eigenvalue weighted by atomic mass is 10.2. The Kier molecular flexibility index (Phi) is 5.44. The predicted octanol–water partition coefficient (Wildman–Crippen LogP) is 2.48. The fourth-order valence-corrected chi connectivity index (χ4v) is 1.30. The fraction of sp³-hybridized carbons (Fsp3) is 0.385. The minimum atomic E-state index is -0.698. The highest BCUT2D eigenvalue weighted by molar-refractivity contribution is 5.31. The van der Waals surface area contributed by atoms with Gasteiger partial charge in [0, 0.05) is 6.54 Å². The minimum Gasteiger partial charge on any atom is -0.475 e. The maximum atomic E-state index is 13.5. The molecule has 0 radical (unpaired) electrons. The van der Waals surface area contributed by atoms with Crippen molar-refractivity contribution in [2.45, 2.75) is 20.4 Å². The highest BCUT2D eigenvalue weighted by Crippen LogP contribution is 2.23. The van der Waals surface area contributed by atoms with Crippen molar-refractivity contribution in [3.05, 3.63) is 29.3 Å². The third kappa shape index (κ3) is 4.04. The Labute approximate surface area is 100.0 Å². The van der Waals surface area contributed by atoms with E-state index in [1.807, 2.05) is 6.92 Å². The molecule has 1 aromatic carbocycles. The van der Waals surface area contributed by atoms with Gasteiger partial charge in [0.1, 0.15) is 6.61 Å². The topological polar surface area (TPSA) is 21.3 Å². The summed E-state index contributed by atoms with van der Waals surface area (Å²) in [6, 6.07) is 2.53. The van der Waals surface area contributed by atoms with Crippen molar-refractivity contribution in [2.75, 3.05) is 13.2 Å². The molecule has 1 N–H and O–H groups in total. The van der Waals surface area contributed by atoms with Crippen LogP contribution in [0.5, 0.6) is 5.75 Å². The first kappa shape index (κ1) is 13.5. The van der Waals surface area contributed by atoms with Crippen LogP contribution in [0.1, 0.15) is 19.4 Å². The van der Waals surface area contributed by atoms with Crippen molar-refractivity contribution in [2.24, 2.45) is 0 Å². The second-order valence-corrected chi connectivity index (χ2v) is 3.38. The zero-order chi connectivity index (χ0) is 12.7. The molecule has 4 heteroatoms. The number of hydrogen-bond donors (Lipinski definition) is 1. The van der Waals surface area contributed by atoms with Gasteiger partial charge in [-0.05, 0) is 31.2 Å². The van der Waals surface area contributed by atoms with Gasteiger partial charge in [-0.2, -0.15) is 0 Å². The molecule has 1 rings (SSSR count). The third-order valence-corrected chi connectivity index (χ3v) is 2.10. The molecule has 0 saturated carbocycles. The molecule has 1 aromatic rings. The largest absolute Gasteiger partial charge is 0.475 e. The van der Waals surface area contributed by atoms with Gasteiger partial charge >= 0.3 is 0 Å². The van der Waals surface area contributed by atoms with Crippen LogP contribution in [0, 0.1) is 23.5 Å². The summed E-state index contributed by atoms with van der Waals surface area (Å²) in [6.07, 6.45) is 0. The maximum absolute atomic E-state index is 13.5. The predicted molar refractivity (Wildman–Crippen MR) is 62.7 cm³/mol. The van der Waals surface area contributed by atoms with E-state index in [1.165, 1.54) is 12.1 Å². The van der Waals surface area contributed by atoms with Crippen molar-refractivity contribution >= 4 is 0 Å². The first-order valence-corrected chi connectivity index (χ1v) is 5.40. The van der Waals surface area contributed by atoms with Crippen LogP contribution in [0.2, 0.25) is 0 Å². The highest BCUT2D eigenvalue weighted by atomic mass is 19.1. The van der Waals surface area contributed by atoms with Crippen molar-refractivity contribution in [3.8, 4) is 17.6 Å². The number of benzene rings is 1. The quantitative estimate of drug-likeness (QED) is 0.797. The van der Waals surface area contributed by atoms with E-state index in [-0.39, 0.29) is 12.4 Å². The van der Waals surface area contributed by atoms with Gasteiger partial charge in [-0.15, -0.1) is 5.92 Å². The van der Waals surface area contributed by atoms with Gasteiger partial charge in [0.25, 0.3) is 0 Å². The van der Waals surface area contributed by atoms with E-state index in [0.29, 0.717) is 12.1 Å². The molecule has 0 atom stereocenters. The van der Waals surface area contributed by atoms with Gasteiger partial charge in [-0.3, -0.25) is 0 Å². The van der Waals surface area contributed by atoms with Crippen LogP contribution in [0.4, 0.5) is 8.78 Å². The Morgan fingerprint density at radius 2 is 1.94 bits per heavy atom. The smallest absolute Gasteiger partial charge is 0.192 e. The fourth-order valence-electron chi connectivity index (χ4n) is 1.30. The average molecular weight is 239 g/mol. The summed E-state index contributed by atoms with van der Waals surface area (Å²) in [5.74, 6) is 3.40. The summed E-state index contributed by atoms with van der Waals surface area (Å²) in [5.41, 5.74) is 0.552. The van der Waals surface area contributed by atoms with E-state index in [1.54, 1.807) is 6.92 Å². The lowest BCUT2D eigenvalue weighted by Gasteiger charge is -2.08. The molecule has 0 aliphatic rings. The third-order valence-electron chi connectivity index (χ3n) is 2.10. The molecular weight excluding hydrogens is 224 g/mol. The van der Waals surface area contributed by atoms with Gasteiger partial charge in [-0.25, -0.2) is 8.78 Å². The summed E-state index contributed by atoms with van der Waals surface area (Å²) in [4.78, 5) is 0. The lowest BCUT2D eigenvalue weighted by molar-refractivity contribution is 0.325. The molecule has 17 heavy (non-hydrogen) atoms. The van der Waals surface area contributed by atoms with Gasteiger partial charge in [0.05, 0.1) is 0 Å². The summed E-state index contributed by atoms with van der Waals surface area (Å²) >= 11 is 0. The van der Waals surface area contributed by atoms with E-state index in [0.717, 1.165) is 6.54 Å². The van der Waals surface area contributed by atoms with E-state index in [2.05, 4.69) is 17.2 Å². The summed E-state index contributed by atoms with van der Waals surface area (Å²) in [6.45, 7) is 4.72. The van der Waals surface area contributed by atoms with Crippen molar-refractivity contribution < 1.29 is 13.5 Å². The molecule has 0 aromatic heterocycles. The summed E-state index contributed by atoms with van der Waals surface area (Å²) in [5, 5.41) is 2.99.